The number of aromatic nitrogens is 2. The second kappa shape index (κ2) is 8.70. The van der Waals surface area contributed by atoms with Gasteiger partial charge in [0.05, 0.1) is 17.8 Å². The molecular weight excluding hydrogens is 419 g/mol. The van der Waals surface area contributed by atoms with Crippen LogP contribution in [-0.4, -0.2) is 46.8 Å². The molecule has 30 heavy (non-hydrogen) atoms. The highest BCUT2D eigenvalue weighted by Crippen LogP contribution is 2.23. The van der Waals surface area contributed by atoms with Crippen molar-refractivity contribution in [1.29, 1.82) is 0 Å². The van der Waals surface area contributed by atoms with Gasteiger partial charge < -0.3 is 9.80 Å². The molecule has 3 aromatic rings. The molecule has 5 nitrogen and oxygen atoms in total. The van der Waals surface area contributed by atoms with E-state index >= 15 is 0 Å². The summed E-state index contributed by atoms with van der Waals surface area (Å²) >= 11 is 12.4. The topological polar surface area (TPSA) is 41.4 Å². The largest absolute Gasteiger partial charge is 0.368 e. The van der Waals surface area contributed by atoms with Crippen LogP contribution in [0.25, 0.3) is 0 Å². The summed E-state index contributed by atoms with van der Waals surface area (Å²) in [7, 11) is 0. The average molecular weight is 443 g/mol. The third-order valence-electron chi connectivity index (χ3n) is 5.61. The van der Waals surface area contributed by atoms with Crippen LogP contribution in [0.5, 0.6) is 0 Å². The van der Waals surface area contributed by atoms with Crippen LogP contribution in [0.15, 0.2) is 48.5 Å². The number of piperazine rings is 1. The number of anilines is 1. The quantitative estimate of drug-likeness (QED) is 0.581. The molecule has 0 N–H and O–H groups in total. The molecule has 2 aromatic carbocycles. The number of rotatable bonds is 4. The third kappa shape index (κ3) is 4.18. The number of benzene rings is 2. The first-order valence-electron chi connectivity index (χ1n) is 10.0. The number of halogens is 2. The van der Waals surface area contributed by atoms with Gasteiger partial charge in [-0.15, -0.1) is 0 Å². The number of carbonyl (C=O) groups excluding carboxylic acids is 1. The fourth-order valence-electron chi connectivity index (χ4n) is 3.95. The lowest BCUT2D eigenvalue weighted by Crippen LogP contribution is -2.49. The summed E-state index contributed by atoms with van der Waals surface area (Å²) in [6, 6.07) is 15.6. The SMILES string of the molecule is Cc1nn(Cc2ccccc2Cl)c(C)c1C(=O)N1CCN(c2cccc(Cl)c2)CC1. The van der Waals surface area contributed by atoms with Crippen molar-refractivity contribution in [3.8, 4) is 0 Å². The maximum atomic E-state index is 13.3. The predicted molar refractivity (Wildman–Crippen MR) is 122 cm³/mol. The Morgan fingerprint density at radius 2 is 1.73 bits per heavy atom. The van der Waals surface area contributed by atoms with Crippen LogP contribution in [0.1, 0.15) is 27.3 Å². The van der Waals surface area contributed by atoms with Gasteiger partial charge in [-0.2, -0.15) is 5.10 Å². The molecule has 7 heteroatoms. The van der Waals surface area contributed by atoms with Gasteiger partial charge in [-0.05, 0) is 43.7 Å². The zero-order chi connectivity index (χ0) is 21.3. The number of nitrogens with zero attached hydrogens (tertiary/aromatic N) is 4. The maximum Gasteiger partial charge on any atom is 0.257 e. The molecular formula is C23H24Cl2N4O. The Morgan fingerprint density at radius 3 is 2.43 bits per heavy atom. The molecule has 1 amide bonds. The molecule has 0 atom stereocenters. The minimum Gasteiger partial charge on any atom is -0.368 e. The second-order valence-electron chi connectivity index (χ2n) is 7.55. The molecule has 1 aliphatic heterocycles. The van der Waals surface area contributed by atoms with Gasteiger partial charge in [0.1, 0.15) is 0 Å². The Kier molecular flexibility index (Phi) is 6.02. The number of carbonyl (C=O) groups is 1. The van der Waals surface area contributed by atoms with E-state index in [1.165, 1.54) is 0 Å². The zero-order valence-electron chi connectivity index (χ0n) is 17.1. The van der Waals surface area contributed by atoms with E-state index in [0.29, 0.717) is 30.2 Å². The van der Waals surface area contributed by atoms with E-state index in [2.05, 4.69) is 16.1 Å². The molecule has 1 fully saturated rings. The van der Waals surface area contributed by atoms with Gasteiger partial charge in [-0.3, -0.25) is 9.48 Å². The molecule has 1 saturated heterocycles. The first-order chi connectivity index (χ1) is 14.4. The lowest BCUT2D eigenvalue weighted by Gasteiger charge is -2.36. The highest BCUT2D eigenvalue weighted by atomic mass is 35.5. The van der Waals surface area contributed by atoms with Crippen molar-refractivity contribution in [2.75, 3.05) is 31.1 Å². The minimum atomic E-state index is 0.0427. The Labute approximate surface area is 186 Å². The summed E-state index contributed by atoms with van der Waals surface area (Å²) in [5.74, 6) is 0.0427. The monoisotopic (exact) mass is 442 g/mol. The Hall–Kier alpha value is -2.50. The first-order valence-corrected chi connectivity index (χ1v) is 10.8. The summed E-state index contributed by atoms with van der Waals surface area (Å²) in [6.45, 7) is 7.27. The lowest BCUT2D eigenvalue weighted by atomic mass is 10.1. The summed E-state index contributed by atoms with van der Waals surface area (Å²) in [4.78, 5) is 17.5. The molecule has 1 aromatic heterocycles. The Morgan fingerprint density at radius 1 is 1.00 bits per heavy atom. The number of hydrogen-bond acceptors (Lipinski definition) is 3. The zero-order valence-corrected chi connectivity index (χ0v) is 18.6. The smallest absolute Gasteiger partial charge is 0.257 e. The van der Waals surface area contributed by atoms with E-state index in [0.717, 1.165) is 40.8 Å². The van der Waals surface area contributed by atoms with Gasteiger partial charge in [0.2, 0.25) is 0 Å². The molecule has 0 unspecified atom stereocenters. The number of amides is 1. The van der Waals surface area contributed by atoms with Crippen LogP contribution in [-0.2, 0) is 6.54 Å². The van der Waals surface area contributed by atoms with Crippen molar-refractivity contribution < 1.29 is 4.79 Å². The Balaban J connectivity index is 1.48. The van der Waals surface area contributed by atoms with Crippen molar-refractivity contribution in [3.05, 3.63) is 81.1 Å². The predicted octanol–water partition coefficient (Wildman–Crippen LogP) is 4.82. The minimum absolute atomic E-state index is 0.0427. The van der Waals surface area contributed by atoms with Gasteiger partial charge >= 0.3 is 0 Å². The fourth-order valence-corrected chi connectivity index (χ4v) is 4.33. The second-order valence-corrected chi connectivity index (χ2v) is 8.40. The molecule has 0 saturated carbocycles. The summed E-state index contributed by atoms with van der Waals surface area (Å²) in [5.41, 5.74) is 4.39. The van der Waals surface area contributed by atoms with Gasteiger partial charge in [-0.1, -0.05) is 47.5 Å². The van der Waals surface area contributed by atoms with Crippen molar-refractivity contribution in [2.45, 2.75) is 20.4 Å². The maximum absolute atomic E-state index is 13.3. The standard InChI is InChI=1S/C23H24Cl2N4O/c1-16-22(17(2)29(26-16)15-18-6-3-4-9-21(18)25)23(30)28-12-10-27(11-13-28)20-8-5-7-19(24)14-20/h3-9,14H,10-13,15H2,1-2H3. The molecule has 1 aliphatic rings. The van der Waals surface area contributed by atoms with E-state index in [-0.39, 0.29) is 5.91 Å². The highest BCUT2D eigenvalue weighted by molar-refractivity contribution is 6.31. The number of aryl methyl sites for hydroxylation is 1. The summed E-state index contributed by atoms with van der Waals surface area (Å²) in [5, 5.41) is 6.05. The molecule has 0 aliphatic carbocycles. The molecule has 156 valence electrons. The molecule has 0 radical (unpaired) electrons. The van der Waals surface area contributed by atoms with Crippen molar-refractivity contribution >= 4 is 34.8 Å². The normalized spacial score (nSPS) is 14.3. The Bertz CT molecular complexity index is 1070. The molecule has 0 spiro atoms. The van der Waals surface area contributed by atoms with Gasteiger partial charge in [0, 0.05) is 47.6 Å². The van der Waals surface area contributed by atoms with Crippen LogP contribution in [0, 0.1) is 13.8 Å². The van der Waals surface area contributed by atoms with Gasteiger partial charge in [-0.25, -0.2) is 0 Å². The lowest BCUT2D eigenvalue weighted by molar-refractivity contribution is 0.0745. The van der Waals surface area contributed by atoms with E-state index in [1.54, 1.807) is 0 Å². The van der Waals surface area contributed by atoms with Crippen molar-refractivity contribution in [2.24, 2.45) is 0 Å². The van der Waals surface area contributed by atoms with Crippen LogP contribution in [0.3, 0.4) is 0 Å². The summed E-state index contributed by atoms with van der Waals surface area (Å²) in [6.07, 6.45) is 0. The highest BCUT2D eigenvalue weighted by Gasteiger charge is 2.27. The van der Waals surface area contributed by atoms with Gasteiger partial charge in [0.25, 0.3) is 5.91 Å². The van der Waals surface area contributed by atoms with Crippen molar-refractivity contribution in [3.63, 3.8) is 0 Å². The first kappa shape index (κ1) is 20.8. The van der Waals surface area contributed by atoms with E-state index in [1.807, 2.05) is 65.9 Å². The van der Waals surface area contributed by atoms with Crippen LogP contribution in [0.4, 0.5) is 5.69 Å². The van der Waals surface area contributed by atoms with Gasteiger partial charge in [0.15, 0.2) is 0 Å². The fraction of sp³-hybridized carbons (Fsp3) is 0.304. The molecule has 4 rings (SSSR count). The van der Waals surface area contributed by atoms with Crippen molar-refractivity contribution in [1.82, 2.24) is 14.7 Å². The summed E-state index contributed by atoms with van der Waals surface area (Å²) < 4.78 is 1.87. The van der Waals surface area contributed by atoms with E-state index in [9.17, 15) is 4.79 Å². The molecule has 2 heterocycles. The average Bonchev–Trinajstić information content (AvgIpc) is 3.02. The number of hydrogen-bond donors (Lipinski definition) is 0. The molecule has 0 bridgehead atoms. The van der Waals surface area contributed by atoms with Crippen LogP contribution < -0.4 is 4.90 Å². The third-order valence-corrected chi connectivity index (χ3v) is 6.22. The van der Waals surface area contributed by atoms with E-state index < -0.39 is 0 Å². The van der Waals surface area contributed by atoms with Crippen LogP contribution in [0.2, 0.25) is 10.0 Å². The van der Waals surface area contributed by atoms with E-state index in [4.69, 9.17) is 23.2 Å². The van der Waals surface area contributed by atoms with Crippen LogP contribution >= 0.6 is 23.2 Å².